The minimum absolute atomic E-state index is 0.0366. The molecule has 2 N–H and O–H groups in total. The van der Waals surface area contributed by atoms with Gasteiger partial charge in [0.2, 0.25) is 5.91 Å². The first-order valence-electron chi connectivity index (χ1n) is 8.15. The number of fused-ring (bicyclic) bond motifs is 2. The number of hydrogen-bond donors (Lipinski definition) is 2. The summed E-state index contributed by atoms with van der Waals surface area (Å²) in [7, 11) is 0. The average molecular weight is 358 g/mol. The van der Waals surface area contributed by atoms with Crippen LogP contribution in [0.1, 0.15) is 24.3 Å². The lowest BCUT2D eigenvalue weighted by Gasteiger charge is -2.13. The number of nitrogens with zero attached hydrogens (tertiary/aromatic N) is 1. The zero-order valence-electron chi connectivity index (χ0n) is 13.7. The molecule has 4 rings (SSSR count). The van der Waals surface area contributed by atoms with E-state index in [1.165, 1.54) is 15.1 Å². The lowest BCUT2D eigenvalue weighted by Crippen LogP contribution is -2.22. The van der Waals surface area contributed by atoms with Gasteiger partial charge in [0.1, 0.15) is 10.0 Å². The van der Waals surface area contributed by atoms with Crippen molar-refractivity contribution in [2.75, 3.05) is 11.9 Å². The number of anilines is 1. The van der Waals surface area contributed by atoms with Crippen LogP contribution in [0.5, 0.6) is 0 Å². The normalized spacial score (nSPS) is 14.1. The molecule has 0 spiro atoms. The van der Waals surface area contributed by atoms with Crippen LogP contribution in [0.25, 0.3) is 20.8 Å². The maximum Gasteiger partial charge on any atom is 0.227 e. The molecule has 1 aliphatic rings. The predicted molar refractivity (Wildman–Crippen MR) is 102 cm³/mol. The van der Waals surface area contributed by atoms with E-state index in [1.54, 1.807) is 22.7 Å². The number of thiophene rings is 1. The van der Waals surface area contributed by atoms with Gasteiger partial charge in [0.15, 0.2) is 0 Å². The van der Waals surface area contributed by atoms with Crippen LogP contribution >= 0.6 is 22.7 Å². The number of aromatic nitrogens is 1. The highest BCUT2D eigenvalue weighted by molar-refractivity contribution is 7.22. The Bertz CT molecular complexity index is 877. The lowest BCUT2D eigenvalue weighted by molar-refractivity contribution is -0.118. The third kappa shape index (κ3) is 2.75. The highest BCUT2D eigenvalue weighted by atomic mass is 32.1. The van der Waals surface area contributed by atoms with Crippen LogP contribution in [0.4, 0.5) is 5.00 Å². The minimum Gasteiger partial charge on any atom is -0.317 e. The molecule has 0 radical (unpaired) electrons. The summed E-state index contributed by atoms with van der Waals surface area (Å²) in [5.74, 6) is 0.0226. The van der Waals surface area contributed by atoms with Gasteiger partial charge in [-0.05, 0) is 30.7 Å². The summed E-state index contributed by atoms with van der Waals surface area (Å²) in [4.78, 5) is 18.4. The molecule has 0 unspecified atom stereocenters. The molecule has 0 saturated carbocycles. The molecule has 6 heteroatoms. The van der Waals surface area contributed by atoms with Crippen molar-refractivity contribution < 1.29 is 4.79 Å². The molecule has 1 amide bonds. The first-order valence-corrected chi connectivity index (χ1v) is 9.79. The van der Waals surface area contributed by atoms with Crippen LogP contribution in [-0.4, -0.2) is 17.4 Å². The Morgan fingerprint density at radius 1 is 1.29 bits per heavy atom. The van der Waals surface area contributed by atoms with Crippen molar-refractivity contribution in [1.82, 2.24) is 10.3 Å². The predicted octanol–water partition coefficient (Wildman–Crippen LogP) is 4.27. The molecule has 2 aromatic heterocycles. The number of nitrogens with one attached hydrogen (secondary N) is 2. The minimum atomic E-state index is -0.0366. The van der Waals surface area contributed by atoms with Gasteiger partial charge in [0.25, 0.3) is 0 Å². The molecule has 0 bridgehead atoms. The van der Waals surface area contributed by atoms with Gasteiger partial charge in [0.05, 0.1) is 10.2 Å². The smallest absolute Gasteiger partial charge is 0.227 e. The van der Waals surface area contributed by atoms with Gasteiger partial charge in [0, 0.05) is 22.9 Å². The van der Waals surface area contributed by atoms with Crippen molar-refractivity contribution in [2.45, 2.75) is 26.8 Å². The fourth-order valence-corrected chi connectivity index (χ4v) is 5.21. The molecule has 0 aliphatic carbocycles. The molecule has 124 valence electrons. The van der Waals surface area contributed by atoms with E-state index in [1.807, 2.05) is 32.0 Å². The molecular weight excluding hydrogens is 338 g/mol. The Hall–Kier alpha value is -1.76. The van der Waals surface area contributed by atoms with Crippen LogP contribution in [-0.2, 0) is 17.8 Å². The van der Waals surface area contributed by atoms with E-state index in [0.29, 0.717) is 0 Å². The van der Waals surface area contributed by atoms with E-state index in [0.717, 1.165) is 40.6 Å². The maximum absolute atomic E-state index is 12.2. The second kappa shape index (κ2) is 6.27. The van der Waals surface area contributed by atoms with E-state index in [4.69, 9.17) is 4.98 Å². The number of carbonyl (C=O) groups is 1. The average Bonchev–Trinajstić information content (AvgIpc) is 3.14. The SMILES string of the molecule is CC(C)C(=O)Nc1sc2c(c1-c1nc3ccccc3s1)CCNC2. The standard InChI is InChI=1S/C18H19N3OS2/c1-10(2)16(22)21-18-15(11-7-8-19-9-14(11)24-18)17-20-12-5-3-4-6-13(12)23-17/h3-6,10,19H,7-9H2,1-2H3,(H,21,22). The number of carbonyl (C=O) groups excluding carboxylic acids is 1. The highest BCUT2D eigenvalue weighted by Gasteiger charge is 2.25. The van der Waals surface area contributed by atoms with Gasteiger partial charge < -0.3 is 10.6 Å². The van der Waals surface area contributed by atoms with Crippen molar-refractivity contribution in [1.29, 1.82) is 0 Å². The Balaban J connectivity index is 1.85. The summed E-state index contributed by atoms with van der Waals surface area (Å²) in [5.41, 5.74) is 3.50. The summed E-state index contributed by atoms with van der Waals surface area (Å²) in [5, 5.41) is 8.50. The number of amides is 1. The Morgan fingerprint density at radius 2 is 2.12 bits per heavy atom. The number of rotatable bonds is 3. The van der Waals surface area contributed by atoms with Crippen molar-refractivity contribution in [2.24, 2.45) is 5.92 Å². The number of thiazole rings is 1. The van der Waals surface area contributed by atoms with Gasteiger partial charge in [-0.15, -0.1) is 22.7 Å². The highest BCUT2D eigenvalue weighted by Crippen LogP contribution is 2.44. The third-order valence-corrected chi connectivity index (χ3v) is 6.40. The molecule has 3 aromatic rings. The molecule has 0 atom stereocenters. The van der Waals surface area contributed by atoms with E-state index < -0.39 is 0 Å². The van der Waals surface area contributed by atoms with E-state index >= 15 is 0 Å². The monoisotopic (exact) mass is 357 g/mol. The summed E-state index contributed by atoms with van der Waals surface area (Å²) in [6.07, 6.45) is 0.981. The number of hydrogen-bond acceptors (Lipinski definition) is 5. The first kappa shape index (κ1) is 15.7. The molecule has 3 heterocycles. The van der Waals surface area contributed by atoms with Crippen molar-refractivity contribution in [3.8, 4) is 10.6 Å². The summed E-state index contributed by atoms with van der Waals surface area (Å²) >= 11 is 3.39. The summed E-state index contributed by atoms with van der Waals surface area (Å²) in [6, 6.07) is 8.20. The summed E-state index contributed by atoms with van der Waals surface area (Å²) < 4.78 is 1.18. The van der Waals surface area contributed by atoms with Crippen LogP contribution in [0.3, 0.4) is 0 Å². The second-order valence-corrected chi connectivity index (χ2v) is 8.40. The number of para-hydroxylation sites is 1. The topological polar surface area (TPSA) is 54.0 Å². The zero-order valence-corrected chi connectivity index (χ0v) is 15.3. The van der Waals surface area contributed by atoms with Gasteiger partial charge in [-0.3, -0.25) is 4.79 Å². The number of benzene rings is 1. The van der Waals surface area contributed by atoms with Gasteiger partial charge in [-0.2, -0.15) is 0 Å². The van der Waals surface area contributed by atoms with E-state index in [-0.39, 0.29) is 11.8 Å². The van der Waals surface area contributed by atoms with Gasteiger partial charge in [-0.1, -0.05) is 26.0 Å². The maximum atomic E-state index is 12.2. The zero-order chi connectivity index (χ0) is 16.7. The van der Waals surface area contributed by atoms with Gasteiger partial charge >= 0.3 is 0 Å². The molecule has 1 aromatic carbocycles. The third-order valence-electron chi connectivity index (χ3n) is 4.20. The summed E-state index contributed by atoms with van der Waals surface area (Å²) in [6.45, 7) is 5.68. The van der Waals surface area contributed by atoms with Crippen molar-refractivity contribution >= 4 is 43.8 Å². The second-order valence-electron chi connectivity index (χ2n) is 6.27. The fourth-order valence-electron chi connectivity index (χ4n) is 2.88. The Kier molecular flexibility index (Phi) is 4.12. The van der Waals surface area contributed by atoms with Crippen molar-refractivity contribution in [3.63, 3.8) is 0 Å². The van der Waals surface area contributed by atoms with Gasteiger partial charge in [-0.25, -0.2) is 4.98 Å². The lowest BCUT2D eigenvalue weighted by atomic mass is 10.0. The largest absolute Gasteiger partial charge is 0.317 e. The first-order chi connectivity index (χ1) is 11.6. The van der Waals surface area contributed by atoms with E-state index in [2.05, 4.69) is 16.7 Å². The van der Waals surface area contributed by atoms with Crippen LogP contribution in [0, 0.1) is 5.92 Å². The molecule has 0 fully saturated rings. The Labute approximate surface area is 148 Å². The molecule has 24 heavy (non-hydrogen) atoms. The van der Waals surface area contributed by atoms with Crippen LogP contribution in [0.15, 0.2) is 24.3 Å². The molecule has 0 saturated heterocycles. The molecule has 4 nitrogen and oxygen atoms in total. The van der Waals surface area contributed by atoms with E-state index in [9.17, 15) is 4.79 Å². The quantitative estimate of drug-likeness (QED) is 0.736. The fraction of sp³-hybridized carbons (Fsp3) is 0.333. The Morgan fingerprint density at radius 3 is 2.92 bits per heavy atom. The van der Waals surface area contributed by atoms with Crippen LogP contribution in [0.2, 0.25) is 0 Å². The van der Waals surface area contributed by atoms with Crippen molar-refractivity contribution in [3.05, 3.63) is 34.7 Å². The van der Waals surface area contributed by atoms with Crippen LogP contribution < -0.4 is 10.6 Å². The molecule has 1 aliphatic heterocycles. The molecular formula is C18H19N3OS2.